The van der Waals surface area contributed by atoms with Gasteiger partial charge >= 0.3 is 0 Å². The maximum absolute atomic E-state index is 12.9. The third-order valence-electron chi connectivity index (χ3n) is 5.49. The van der Waals surface area contributed by atoms with Gasteiger partial charge in [-0.05, 0) is 25.8 Å². The van der Waals surface area contributed by atoms with Gasteiger partial charge in [-0.25, -0.2) is 0 Å². The summed E-state index contributed by atoms with van der Waals surface area (Å²) in [6.07, 6.45) is 1.99. The highest BCUT2D eigenvalue weighted by Crippen LogP contribution is 2.19. The summed E-state index contributed by atoms with van der Waals surface area (Å²) < 4.78 is 5.32. The number of hydrogen-bond donors (Lipinski definition) is 1. The van der Waals surface area contributed by atoms with E-state index in [4.69, 9.17) is 4.52 Å². The predicted molar refractivity (Wildman–Crippen MR) is 110 cm³/mol. The number of carbonyl (C=O) groups is 1. The van der Waals surface area contributed by atoms with Gasteiger partial charge in [-0.3, -0.25) is 14.6 Å². The van der Waals surface area contributed by atoms with Gasteiger partial charge in [0.05, 0.1) is 24.3 Å². The number of carbonyl (C=O) groups excluding carboxylic acids is 1. The molecule has 2 heterocycles. The second-order valence-corrected chi connectivity index (χ2v) is 7.68. The zero-order valence-corrected chi connectivity index (χ0v) is 17.2. The van der Waals surface area contributed by atoms with E-state index in [-0.39, 0.29) is 18.0 Å². The fraction of sp³-hybridized carbons (Fsp3) is 0.545. The molecule has 152 valence electrons. The van der Waals surface area contributed by atoms with E-state index < -0.39 is 0 Å². The molecule has 3 rings (SSSR count). The lowest BCUT2D eigenvalue weighted by molar-refractivity contribution is -0.127. The van der Waals surface area contributed by atoms with Crippen LogP contribution in [-0.2, 0) is 11.3 Å². The number of aryl methyl sites for hydroxylation is 1. The average Bonchev–Trinajstić information content (AvgIpc) is 3.13. The first-order valence-electron chi connectivity index (χ1n) is 10.3. The molecule has 0 aliphatic carbocycles. The van der Waals surface area contributed by atoms with Crippen molar-refractivity contribution in [2.75, 3.05) is 26.2 Å². The molecule has 0 unspecified atom stereocenters. The SMILES string of the molecule is CCC[C@H](NC(=O)[C@H](C)N1CCN(Cc2cc(C)no2)CC1)c1ccccc1. The first-order valence-corrected chi connectivity index (χ1v) is 10.3. The molecule has 1 saturated heterocycles. The molecule has 6 heteroatoms. The Morgan fingerprint density at radius 2 is 1.93 bits per heavy atom. The van der Waals surface area contributed by atoms with Crippen LogP contribution < -0.4 is 5.32 Å². The van der Waals surface area contributed by atoms with Crippen LogP contribution in [0.3, 0.4) is 0 Å². The normalized spacial score (nSPS) is 18.0. The van der Waals surface area contributed by atoms with Gasteiger partial charge < -0.3 is 9.84 Å². The molecule has 0 spiro atoms. The van der Waals surface area contributed by atoms with Crippen molar-refractivity contribution < 1.29 is 9.32 Å². The number of nitrogens with one attached hydrogen (secondary N) is 1. The van der Waals surface area contributed by atoms with Gasteiger partial charge in [0.1, 0.15) is 0 Å². The number of amides is 1. The lowest BCUT2D eigenvalue weighted by atomic mass is 10.0. The van der Waals surface area contributed by atoms with Crippen molar-refractivity contribution in [3.63, 3.8) is 0 Å². The van der Waals surface area contributed by atoms with Gasteiger partial charge in [0, 0.05) is 32.2 Å². The van der Waals surface area contributed by atoms with E-state index in [0.29, 0.717) is 0 Å². The third kappa shape index (κ3) is 5.42. The minimum absolute atomic E-state index is 0.0807. The fourth-order valence-corrected chi connectivity index (χ4v) is 3.77. The Hall–Kier alpha value is -2.18. The summed E-state index contributed by atoms with van der Waals surface area (Å²) in [7, 11) is 0. The lowest BCUT2D eigenvalue weighted by Gasteiger charge is -2.37. The first kappa shape index (κ1) is 20.6. The molecule has 28 heavy (non-hydrogen) atoms. The molecule has 1 aromatic heterocycles. The second kappa shape index (κ2) is 9.85. The molecule has 1 amide bonds. The summed E-state index contributed by atoms with van der Waals surface area (Å²) in [6, 6.07) is 12.2. The number of nitrogens with zero attached hydrogens (tertiary/aromatic N) is 3. The summed E-state index contributed by atoms with van der Waals surface area (Å²) in [5, 5.41) is 7.22. The molecule has 1 aliphatic rings. The van der Waals surface area contributed by atoms with Crippen LogP contribution in [0.1, 0.15) is 49.7 Å². The highest BCUT2D eigenvalue weighted by atomic mass is 16.5. The Bertz CT molecular complexity index is 738. The maximum atomic E-state index is 12.9. The van der Waals surface area contributed by atoms with Crippen LogP contribution in [0.5, 0.6) is 0 Å². The van der Waals surface area contributed by atoms with Crippen molar-refractivity contribution in [3.8, 4) is 0 Å². The average molecular weight is 385 g/mol. The van der Waals surface area contributed by atoms with E-state index in [1.807, 2.05) is 38.1 Å². The fourth-order valence-electron chi connectivity index (χ4n) is 3.77. The highest BCUT2D eigenvalue weighted by Gasteiger charge is 2.27. The van der Waals surface area contributed by atoms with Gasteiger partial charge in [-0.15, -0.1) is 0 Å². The summed E-state index contributed by atoms with van der Waals surface area (Å²) >= 11 is 0. The lowest BCUT2D eigenvalue weighted by Crippen LogP contribution is -2.53. The molecule has 0 saturated carbocycles. The molecular weight excluding hydrogens is 352 g/mol. The van der Waals surface area contributed by atoms with Crippen molar-refractivity contribution in [2.45, 2.75) is 52.2 Å². The topological polar surface area (TPSA) is 61.6 Å². The van der Waals surface area contributed by atoms with Gasteiger partial charge in [0.2, 0.25) is 5.91 Å². The molecule has 6 nitrogen and oxygen atoms in total. The van der Waals surface area contributed by atoms with Crippen LogP contribution in [-0.4, -0.2) is 53.1 Å². The number of rotatable bonds is 8. The summed E-state index contributed by atoms with van der Waals surface area (Å²) in [6.45, 7) is 10.5. The molecule has 0 radical (unpaired) electrons. The van der Waals surface area contributed by atoms with Gasteiger partial charge in [0.25, 0.3) is 0 Å². The van der Waals surface area contributed by atoms with E-state index in [9.17, 15) is 4.79 Å². The molecule has 2 aromatic rings. The van der Waals surface area contributed by atoms with E-state index in [2.05, 4.69) is 39.3 Å². The van der Waals surface area contributed by atoms with E-state index in [0.717, 1.165) is 57.0 Å². The summed E-state index contributed by atoms with van der Waals surface area (Å²) in [5.41, 5.74) is 2.09. The van der Waals surface area contributed by atoms with E-state index in [1.165, 1.54) is 5.56 Å². The smallest absolute Gasteiger partial charge is 0.237 e. The van der Waals surface area contributed by atoms with E-state index >= 15 is 0 Å². The number of piperazine rings is 1. The predicted octanol–water partition coefficient (Wildman–Crippen LogP) is 3.15. The summed E-state index contributed by atoms with van der Waals surface area (Å²) in [4.78, 5) is 17.5. The Balaban J connectivity index is 1.50. The van der Waals surface area contributed by atoms with Gasteiger partial charge in [-0.1, -0.05) is 48.8 Å². The van der Waals surface area contributed by atoms with Crippen molar-refractivity contribution in [1.29, 1.82) is 0 Å². The number of benzene rings is 1. The monoisotopic (exact) mass is 384 g/mol. The van der Waals surface area contributed by atoms with Crippen molar-refractivity contribution in [3.05, 3.63) is 53.4 Å². The highest BCUT2D eigenvalue weighted by molar-refractivity contribution is 5.81. The van der Waals surface area contributed by atoms with Crippen LogP contribution in [0.15, 0.2) is 40.9 Å². The number of hydrogen-bond acceptors (Lipinski definition) is 5. The van der Waals surface area contributed by atoms with Crippen LogP contribution in [0.2, 0.25) is 0 Å². The van der Waals surface area contributed by atoms with Gasteiger partial charge in [-0.2, -0.15) is 0 Å². The van der Waals surface area contributed by atoms with Crippen LogP contribution >= 0.6 is 0 Å². The Morgan fingerprint density at radius 1 is 1.21 bits per heavy atom. The minimum Gasteiger partial charge on any atom is -0.360 e. The van der Waals surface area contributed by atoms with Crippen molar-refractivity contribution in [2.24, 2.45) is 0 Å². The molecule has 1 aromatic carbocycles. The molecule has 1 fully saturated rings. The third-order valence-corrected chi connectivity index (χ3v) is 5.49. The first-order chi connectivity index (χ1) is 13.6. The maximum Gasteiger partial charge on any atom is 0.237 e. The zero-order valence-electron chi connectivity index (χ0n) is 17.2. The zero-order chi connectivity index (χ0) is 19.9. The Kier molecular flexibility index (Phi) is 7.23. The van der Waals surface area contributed by atoms with Crippen LogP contribution in [0.4, 0.5) is 0 Å². The quantitative estimate of drug-likeness (QED) is 0.758. The molecule has 1 aliphatic heterocycles. The van der Waals surface area contributed by atoms with Crippen molar-refractivity contribution >= 4 is 5.91 Å². The minimum atomic E-state index is -0.127. The standard InChI is InChI=1S/C22H32N4O2/c1-4-8-21(19-9-6-5-7-10-19)23-22(27)18(3)26-13-11-25(12-14-26)16-20-15-17(2)24-28-20/h5-7,9-10,15,18,21H,4,8,11-14,16H2,1-3H3,(H,23,27)/t18-,21-/m0/s1. The van der Waals surface area contributed by atoms with Crippen LogP contribution in [0.25, 0.3) is 0 Å². The molecule has 1 N–H and O–H groups in total. The Labute approximate surface area is 167 Å². The number of aromatic nitrogens is 1. The van der Waals surface area contributed by atoms with Crippen molar-refractivity contribution in [1.82, 2.24) is 20.3 Å². The molecular formula is C22H32N4O2. The van der Waals surface area contributed by atoms with Crippen LogP contribution in [0, 0.1) is 6.92 Å². The molecule has 0 bridgehead atoms. The van der Waals surface area contributed by atoms with E-state index in [1.54, 1.807) is 0 Å². The second-order valence-electron chi connectivity index (χ2n) is 7.68. The van der Waals surface area contributed by atoms with Gasteiger partial charge in [0.15, 0.2) is 5.76 Å². The Morgan fingerprint density at radius 3 is 2.54 bits per heavy atom. The summed E-state index contributed by atoms with van der Waals surface area (Å²) in [5.74, 6) is 1.02. The molecule has 2 atom stereocenters. The largest absolute Gasteiger partial charge is 0.360 e.